The topological polar surface area (TPSA) is 43.4 Å². The largest absolute Gasteiger partial charge is 0.384 e. The summed E-state index contributed by atoms with van der Waals surface area (Å²) in [5.74, 6) is -0.605. The number of halogens is 2. The number of rotatable bonds is 1. The van der Waals surface area contributed by atoms with Crippen LogP contribution in [0.25, 0.3) is 0 Å². The third kappa shape index (κ3) is 4.26. The van der Waals surface area contributed by atoms with Crippen LogP contribution in [-0.2, 0) is 9.53 Å². The Morgan fingerprint density at radius 2 is 2.00 bits per heavy atom. The average Bonchev–Trinajstić information content (AvgIpc) is 1.65. The Balaban J connectivity index is 3.40. The molecule has 0 heterocycles. The third-order valence-electron chi connectivity index (χ3n) is 0.303. The molecule has 0 saturated carbocycles. The standard InChI is InChI=1S/C3H2Br2O3/c4-1-2(6)8-3(5)7/h1H2. The van der Waals surface area contributed by atoms with Crippen LogP contribution >= 0.6 is 31.9 Å². The number of hydrogen-bond acceptors (Lipinski definition) is 3. The van der Waals surface area contributed by atoms with E-state index in [-0.39, 0.29) is 5.33 Å². The molecule has 0 aromatic carbocycles. The zero-order valence-corrected chi connectivity index (χ0v) is 6.86. The van der Waals surface area contributed by atoms with E-state index >= 15 is 0 Å². The maximum absolute atomic E-state index is 10.1. The van der Waals surface area contributed by atoms with Crippen molar-refractivity contribution in [2.45, 2.75) is 0 Å². The Hall–Kier alpha value is 0.1000. The number of carbonyl (C=O) groups excluding carboxylic acids is 2. The predicted molar refractivity (Wildman–Crippen MR) is 34.2 cm³/mol. The Bertz CT molecular complexity index is 111. The van der Waals surface area contributed by atoms with Crippen molar-refractivity contribution in [3.8, 4) is 0 Å². The van der Waals surface area contributed by atoms with E-state index in [2.05, 4.69) is 36.6 Å². The molecule has 46 valence electrons. The lowest BCUT2D eigenvalue weighted by atomic mass is 10.8. The summed E-state index contributed by atoms with van der Waals surface area (Å²) >= 11 is 5.21. The molecule has 0 saturated heterocycles. The predicted octanol–water partition coefficient (Wildman–Crippen LogP) is 1.44. The quantitative estimate of drug-likeness (QED) is 0.304. The van der Waals surface area contributed by atoms with Crippen molar-refractivity contribution in [1.82, 2.24) is 0 Å². The van der Waals surface area contributed by atoms with Crippen molar-refractivity contribution >= 4 is 42.7 Å². The van der Waals surface area contributed by atoms with Gasteiger partial charge in [-0.05, 0) is 0 Å². The SMILES string of the molecule is O=C(Br)OC(=O)CBr. The highest BCUT2D eigenvalue weighted by Gasteiger charge is 2.02. The first-order valence-electron chi connectivity index (χ1n) is 1.63. The van der Waals surface area contributed by atoms with Crippen LogP contribution in [0.3, 0.4) is 0 Å². The van der Waals surface area contributed by atoms with Crippen molar-refractivity contribution in [2.24, 2.45) is 0 Å². The molecule has 0 bridgehead atoms. The highest BCUT2D eigenvalue weighted by atomic mass is 79.9. The van der Waals surface area contributed by atoms with Gasteiger partial charge in [0.15, 0.2) is 0 Å². The van der Waals surface area contributed by atoms with Gasteiger partial charge in [-0.25, -0.2) is 4.79 Å². The second kappa shape index (κ2) is 4.03. The summed E-state index contributed by atoms with van der Waals surface area (Å²) in [6.45, 7) is 0. The van der Waals surface area contributed by atoms with Crippen molar-refractivity contribution in [1.29, 1.82) is 0 Å². The smallest absolute Gasteiger partial charge is 0.382 e. The molecule has 0 aliphatic heterocycles. The molecule has 0 unspecified atom stereocenters. The van der Waals surface area contributed by atoms with Gasteiger partial charge < -0.3 is 4.74 Å². The molecular formula is C3H2Br2O3. The van der Waals surface area contributed by atoms with Gasteiger partial charge in [0.25, 0.3) is 0 Å². The summed E-state index contributed by atoms with van der Waals surface area (Å²) in [5, 5.41) is 0.0321. The molecule has 0 atom stereocenters. The highest BCUT2D eigenvalue weighted by Crippen LogP contribution is 1.92. The summed E-state index contributed by atoms with van der Waals surface area (Å²) in [7, 11) is 0. The van der Waals surface area contributed by atoms with Crippen LogP contribution < -0.4 is 0 Å². The van der Waals surface area contributed by atoms with E-state index in [0.717, 1.165) is 0 Å². The summed E-state index contributed by atoms with van der Waals surface area (Å²) in [4.78, 5) is 19.2. The monoisotopic (exact) mass is 244 g/mol. The molecule has 3 nitrogen and oxygen atoms in total. The van der Waals surface area contributed by atoms with Crippen LogP contribution in [0.4, 0.5) is 4.79 Å². The molecule has 5 heteroatoms. The summed E-state index contributed by atoms with van der Waals surface area (Å²) in [6.07, 6.45) is 0. The van der Waals surface area contributed by atoms with E-state index in [1.54, 1.807) is 0 Å². The summed E-state index contributed by atoms with van der Waals surface area (Å²) in [6, 6.07) is 0. The van der Waals surface area contributed by atoms with Crippen LogP contribution in [0.1, 0.15) is 0 Å². The Kier molecular flexibility index (Phi) is 4.08. The average molecular weight is 246 g/mol. The third-order valence-corrected chi connectivity index (χ3v) is 0.923. The van der Waals surface area contributed by atoms with Crippen molar-refractivity contribution in [3.05, 3.63) is 0 Å². The minimum atomic E-state index is -0.762. The molecule has 0 aliphatic rings. The van der Waals surface area contributed by atoms with Gasteiger partial charge in [-0.3, -0.25) is 4.79 Å². The van der Waals surface area contributed by atoms with Gasteiger partial charge in [0.2, 0.25) is 0 Å². The van der Waals surface area contributed by atoms with Crippen LogP contribution in [0.5, 0.6) is 0 Å². The number of carbonyl (C=O) groups is 2. The number of ether oxygens (including phenoxy) is 1. The zero-order chi connectivity index (χ0) is 6.57. The Morgan fingerprint density at radius 3 is 2.12 bits per heavy atom. The van der Waals surface area contributed by atoms with E-state index < -0.39 is 10.8 Å². The second-order valence-corrected chi connectivity index (χ2v) is 2.05. The molecule has 0 fully saturated rings. The van der Waals surface area contributed by atoms with Gasteiger partial charge in [0.1, 0.15) is 5.33 Å². The van der Waals surface area contributed by atoms with Crippen molar-refractivity contribution < 1.29 is 14.3 Å². The van der Waals surface area contributed by atoms with Crippen LogP contribution in [0.15, 0.2) is 0 Å². The maximum Gasteiger partial charge on any atom is 0.382 e. The summed E-state index contributed by atoms with van der Waals surface area (Å²) in [5.41, 5.74) is 0. The lowest BCUT2D eigenvalue weighted by Crippen LogP contribution is -2.05. The number of esters is 1. The maximum atomic E-state index is 10.1. The van der Waals surface area contributed by atoms with Crippen molar-refractivity contribution in [2.75, 3.05) is 5.33 Å². The fourth-order valence-corrected chi connectivity index (χ4v) is 0.412. The number of alkyl halides is 1. The Labute approximate surface area is 62.6 Å². The van der Waals surface area contributed by atoms with E-state index in [1.807, 2.05) is 0 Å². The minimum absolute atomic E-state index is 0.0321. The fraction of sp³-hybridized carbons (Fsp3) is 0.333. The minimum Gasteiger partial charge on any atom is -0.384 e. The Morgan fingerprint density at radius 1 is 1.50 bits per heavy atom. The first-order valence-corrected chi connectivity index (χ1v) is 3.54. The molecular weight excluding hydrogens is 244 g/mol. The molecule has 0 aliphatic carbocycles. The van der Waals surface area contributed by atoms with Gasteiger partial charge in [0, 0.05) is 15.9 Å². The summed E-state index contributed by atoms with van der Waals surface area (Å²) < 4.78 is 3.99. The molecule has 0 radical (unpaired) electrons. The molecule has 8 heavy (non-hydrogen) atoms. The first kappa shape index (κ1) is 8.10. The highest BCUT2D eigenvalue weighted by molar-refractivity contribution is 9.18. The molecule has 0 amide bonds. The lowest BCUT2D eigenvalue weighted by Gasteiger charge is -1.89. The molecule has 0 aromatic heterocycles. The molecule has 0 aromatic rings. The number of hydrogen-bond donors (Lipinski definition) is 0. The molecule has 0 rings (SSSR count). The van der Waals surface area contributed by atoms with E-state index in [4.69, 9.17) is 0 Å². The molecule has 0 spiro atoms. The zero-order valence-electron chi connectivity index (χ0n) is 3.69. The van der Waals surface area contributed by atoms with E-state index in [9.17, 15) is 9.59 Å². The van der Waals surface area contributed by atoms with Gasteiger partial charge in [-0.15, -0.1) is 0 Å². The second-order valence-electron chi connectivity index (χ2n) is 0.845. The van der Waals surface area contributed by atoms with E-state index in [0.29, 0.717) is 0 Å². The molecule has 0 N–H and O–H groups in total. The van der Waals surface area contributed by atoms with Crippen LogP contribution in [0, 0.1) is 0 Å². The first-order chi connectivity index (χ1) is 3.66. The van der Waals surface area contributed by atoms with Gasteiger partial charge in [-0.1, -0.05) is 15.9 Å². The van der Waals surface area contributed by atoms with E-state index in [1.165, 1.54) is 0 Å². The van der Waals surface area contributed by atoms with Gasteiger partial charge in [0.05, 0.1) is 0 Å². The van der Waals surface area contributed by atoms with Crippen molar-refractivity contribution in [3.63, 3.8) is 0 Å². The fourth-order valence-electron chi connectivity index (χ4n) is 0.117. The van der Waals surface area contributed by atoms with Crippen LogP contribution in [-0.4, -0.2) is 16.2 Å². The van der Waals surface area contributed by atoms with Gasteiger partial charge >= 0.3 is 10.8 Å². The van der Waals surface area contributed by atoms with Crippen LogP contribution in [0.2, 0.25) is 0 Å². The van der Waals surface area contributed by atoms with Gasteiger partial charge in [-0.2, -0.15) is 0 Å². The lowest BCUT2D eigenvalue weighted by molar-refractivity contribution is -0.133. The normalized spacial score (nSPS) is 8.25.